The molecule has 0 saturated carbocycles. The van der Waals surface area contributed by atoms with Crippen LogP contribution < -0.4 is 5.32 Å². The van der Waals surface area contributed by atoms with Crippen LogP contribution in [0.3, 0.4) is 0 Å². The van der Waals surface area contributed by atoms with Gasteiger partial charge in [-0.05, 0) is 42.5 Å². The van der Waals surface area contributed by atoms with Crippen LogP contribution in [0.5, 0.6) is 0 Å². The molecule has 1 fully saturated rings. The molecule has 8 heteroatoms. The first kappa shape index (κ1) is 24.2. The minimum absolute atomic E-state index is 0.0766. The quantitative estimate of drug-likeness (QED) is 0.619. The number of sulfonamides is 1. The maximum Gasteiger partial charge on any atom is 0.262 e. The van der Waals surface area contributed by atoms with Crippen LogP contribution in [-0.2, 0) is 28.9 Å². The highest BCUT2D eigenvalue weighted by Crippen LogP contribution is 2.47. The van der Waals surface area contributed by atoms with E-state index in [0.29, 0.717) is 31.5 Å². The van der Waals surface area contributed by atoms with Gasteiger partial charge in [0.25, 0.3) is 15.9 Å². The van der Waals surface area contributed by atoms with Crippen LogP contribution in [-0.4, -0.2) is 47.3 Å². The van der Waals surface area contributed by atoms with Gasteiger partial charge in [-0.2, -0.15) is 4.31 Å². The molecule has 1 N–H and O–H groups in total. The number of nitrogens with one attached hydrogen (secondary N) is 1. The van der Waals surface area contributed by atoms with Gasteiger partial charge in [0.1, 0.15) is 0 Å². The van der Waals surface area contributed by atoms with Crippen molar-refractivity contribution in [3.63, 3.8) is 0 Å². The number of piperidine rings is 1. The second kappa shape index (κ2) is 9.72. The fourth-order valence-corrected chi connectivity index (χ4v) is 6.61. The molecule has 1 aliphatic carbocycles. The number of benzene rings is 2. The molecule has 0 radical (unpaired) electrons. The Balaban J connectivity index is 0.00000133. The molecule has 34 heavy (non-hydrogen) atoms. The lowest BCUT2D eigenvalue weighted by atomic mass is 9.71. The van der Waals surface area contributed by atoms with Gasteiger partial charge in [-0.15, -0.1) is 0 Å². The Labute approximate surface area is 201 Å². The molecule has 7 nitrogen and oxygen atoms in total. The second-order valence-electron chi connectivity index (χ2n) is 8.69. The van der Waals surface area contributed by atoms with Crippen LogP contribution in [0, 0.1) is 0 Å². The molecule has 2 heterocycles. The Morgan fingerprint density at radius 3 is 2.32 bits per heavy atom. The summed E-state index contributed by atoms with van der Waals surface area (Å²) in [4.78, 5) is 17.0. The van der Waals surface area contributed by atoms with Crippen molar-refractivity contribution in [2.45, 2.75) is 49.6 Å². The van der Waals surface area contributed by atoms with E-state index in [9.17, 15) is 13.2 Å². The minimum atomic E-state index is -3.63. The Kier molecular flexibility index (Phi) is 6.91. The first-order chi connectivity index (χ1) is 16.4. The predicted molar refractivity (Wildman–Crippen MR) is 132 cm³/mol. The normalized spacial score (nSPS) is 19.2. The van der Waals surface area contributed by atoms with Crippen molar-refractivity contribution in [3.05, 3.63) is 83.8 Å². The maximum atomic E-state index is 13.1. The van der Waals surface area contributed by atoms with Crippen LogP contribution in [0.1, 0.15) is 48.2 Å². The van der Waals surface area contributed by atoms with E-state index < -0.39 is 10.0 Å². The number of carbonyl (C=O) groups is 1. The molecule has 1 aromatic heterocycles. The fraction of sp³-hybridized carbons (Fsp3) is 0.385. The SMILES string of the molecule is CC.Cn1cnc(S(=O)(=O)N2CCC3(CC2)c2ccccc2CC3NC(=O)c2ccccc2)c1. The van der Waals surface area contributed by atoms with Gasteiger partial charge in [0.05, 0.1) is 6.33 Å². The third-order valence-electron chi connectivity index (χ3n) is 6.89. The number of carbonyl (C=O) groups excluding carboxylic acids is 1. The van der Waals surface area contributed by atoms with Gasteiger partial charge in [-0.3, -0.25) is 4.79 Å². The highest BCUT2D eigenvalue weighted by Gasteiger charge is 2.50. The first-order valence-electron chi connectivity index (χ1n) is 11.8. The predicted octanol–water partition coefficient (Wildman–Crippen LogP) is 3.52. The van der Waals surface area contributed by atoms with Crippen LogP contribution in [0.25, 0.3) is 0 Å². The highest BCUT2D eigenvalue weighted by molar-refractivity contribution is 7.89. The monoisotopic (exact) mass is 480 g/mol. The van der Waals surface area contributed by atoms with Crippen molar-refractivity contribution in [1.29, 1.82) is 0 Å². The molecule has 1 aliphatic heterocycles. The van der Waals surface area contributed by atoms with Crippen LogP contribution in [0.2, 0.25) is 0 Å². The summed E-state index contributed by atoms with van der Waals surface area (Å²) in [5.41, 5.74) is 2.81. The molecule has 0 bridgehead atoms. The maximum absolute atomic E-state index is 13.1. The van der Waals surface area contributed by atoms with Gasteiger partial charge in [0.15, 0.2) is 5.03 Å². The average Bonchev–Trinajstić information content (AvgIpc) is 3.44. The van der Waals surface area contributed by atoms with E-state index >= 15 is 0 Å². The van der Waals surface area contributed by atoms with E-state index in [1.165, 1.54) is 28.0 Å². The van der Waals surface area contributed by atoms with Crippen LogP contribution in [0.15, 0.2) is 72.1 Å². The largest absolute Gasteiger partial charge is 0.348 e. The Morgan fingerprint density at radius 2 is 1.68 bits per heavy atom. The van der Waals surface area contributed by atoms with E-state index in [2.05, 4.69) is 22.4 Å². The topological polar surface area (TPSA) is 84.3 Å². The zero-order valence-electron chi connectivity index (χ0n) is 19.9. The summed E-state index contributed by atoms with van der Waals surface area (Å²) in [7, 11) is -1.88. The van der Waals surface area contributed by atoms with Crippen molar-refractivity contribution in [2.24, 2.45) is 7.05 Å². The van der Waals surface area contributed by atoms with Gasteiger partial charge in [-0.1, -0.05) is 56.3 Å². The minimum Gasteiger partial charge on any atom is -0.348 e. The third kappa shape index (κ3) is 4.28. The lowest BCUT2D eigenvalue weighted by Crippen LogP contribution is -2.54. The molecule has 180 valence electrons. The fourth-order valence-electron chi connectivity index (χ4n) is 5.20. The zero-order chi connectivity index (χ0) is 24.3. The number of rotatable bonds is 4. The molecule has 1 saturated heterocycles. The van der Waals surface area contributed by atoms with Crippen molar-refractivity contribution < 1.29 is 13.2 Å². The van der Waals surface area contributed by atoms with Gasteiger partial charge in [-0.25, -0.2) is 13.4 Å². The second-order valence-corrected chi connectivity index (χ2v) is 10.6. The molecule has 2 aromatic carbocycles. The van der Waals surface area contributed by atoms with E-state index in [0.717, 1.165) is 6.42 Å². The lowest BCUT2D eigenvalue weighted by Gasteiger charge is -2.43. The molecule has 1 spiro atoms. The number of hydrogen-bond donors (Lipinski definition) is 1. The van der Waals surface area contributed by atoms with Crippen LogP contribution >= 0.6 is 0 Å². The molecule has 1 unspecified atom stereocenters. The number of aryl methyl sites for hydroxylation is 1. The summed E-state index contributed by atoms with van der Waals surface area (Å²) in [5, 5.41) is 3.35. The van der Waals surface area contributed by atoms with E-state index in [1.54, 1.807) is 11.6 Å². The summed E-state index contributed by atoms with van der Waals surface area (Å²) in [6.07, 6.45) is 5.08. The molecule has 2 aliphatic rings. The Morgan fingerprint density at radius 1 is 1.03 bits per heavy atom. The van der Waals surface area contributed by atoms with Crippen molar-refractivity contribution >= 4 is 15.9 Å². The van der Waals surface area contributed by atoms with Crippen molar-refractivity contribution in [3.8, 4) is 0 Å². The van der Waals surface area contributed by atoms with E-state index in [1.807, 2.05) is 56.3 Å². The number of aromatic nitrogens is 2. The molecular weight excluding hydrogens is 448 g/mol. The standard InChI is InChI=1S/C24H26N4O3S.C2H6/c1-27-16-22(25-17-27)32(30,31)28-13-11-24(12-14-28)20-10-6-5-9-19(20)15-21(24)26-23(29)18-7-3-2-4-8-18;1-2/h2-10,16-17,21H,11-15H2,1H3,(H,26,29);1-2H3. The summed E-state index contributed by atoms with van der Waals surface area (Å²) in [6, 6.07) is 17.4. The van der Waals surface area contributed by atoms with Gasteiger partial charge >= 0.3 is 0 Å². The number of imidazole rings is 1. The zero-order valence-corrected chi connectivity index (χ0v) is 20.8. The Bertz CT molecular complexity index is 1250. The third-order valence-corrected chi connectivity index (χ3v) is 8.67. The molecular formula is C26H32N4O3S. The average molecular weight is 481 g/mol. The number of fused-ring (bicyclic) bond motifs is 2. The molecule has 3 aromatic rings. The summed E-state index contributed by atoms with van der Waals surface area (Å²) in [6.45, 7) is 4.79. The summed E-state index contributed by atoms with van der Waals surface area (Å²) >= 11 is 0. The first-order valence-corrected chi connectivity index (χ1v) is 13.3. The molecule has 5 rings (SSSR count). The van der Waals surface area contributed by atoms with Gasteiger partial charge < -0.3 is 9.88 Å². The Hall–Kier alpha value is -2.97. The van der Waals surface area contributed by atoms with Gasteiger partial charge in [0.2, 0.25) is 0 Å². The molecule has 1 atom stereocenters. The highest BCUT2D eigenvalue weighted by atomic mass is 32.2. The lowest BCUT2D eigenvalue weighted by molar-refractivity contribution is 0.0896. The van der Waals surface area contributed by atoms with Crippen molar-refractivity contribution in [1.82, 2.24) is 19.2 Å². The van der Waals surface area contributed by atoms with Crippen molar-refractivity contribution in [2.75, 3.05) is 13.1 Å². The number of nitrogens with zero attached hydrogens (tertiary/aromatic N) is 3. The van der Waals surface area contributed by atoms with E-state index in [4.69, 9.17) is 0 Å². The molecule has 1 amide bonds. The summed E-state index contributed by atoms with van der Waals surface area (Å²) < 4.78 is 29.3. The smallest absolute Gasteiger partial charge is 0.262 e. The van der Waals surface area contributed by atoms with Gasteiger partial charge in [0, 0.05) is 43.4 Å². The van der Waals surface area contributed by atoms with E-state index in [-0.39, 0.29) is 22.4 Å². The number of hydrogen-bond acceptors (Lipinski definition) is 4. The summed E-state index contributed by atoms with van der Waals surface area (Å²) in [5.74, 6) is -0.0914. The van der Waals surface area contributed by atoms with Crippen LogP contribution in [0.4, 0.5) is 0 Å². The number of amides is 1.